The van der Waals surface area contributed by atoms with E-state index >= 15 is 0 Å². The number of nitrogens with one attached hydrogen (secondary N) is 1. The lowest BCUT2D eigenvalue weighted by atomic mass is 10.2. The minimum Gasteiger partial charge on any atom is -0.477 e. The van der Waals surface area contributed by atoms with E-state index in [0.29, 0.717) is 11.5 Å². The molecule has 0 radical (unpaired) electrons. The first kappa shape index (κ1) is 19.1. The minimum atomic E-state index is -4.12. The molecule has 0 atom stereocenters. The van der Waals surface area contributed by atoms with Crippen molar-refractivity contribution in [2.75, 3.05) is 0 Å². The van der Waals surface area contributed by atoms with Crippen LogP contribution in [0.25, 0.3) is 0 Å². The van der Waals surface area contributed by atoms with Gasteiger partial charge in [-0.3, -0.25) is 4.79 Å². The third-order valence-electron chi connectivity index (χ3n) is 3.58. The molecule has 9 heteroatoms. The molecule has 28 heavy (non-hydrogen) atoms. The predicted molar refractivity (Wildman–Crippen MR) is 98.8 cm³/mol. The van der Waals surface area contributed by atoms with E-state index in [9.17, 15) is 18.0 Å². The number of sulfonamides is 1. The van der Waals surface area contributed by atoms with Crippen LogP contribution in [0.4, 0.5) is 0 Å². The van der Waals surface area contributed by atoms with Gasteiger partial charge in [0.2, 0.25) is 0 Å². The molecule has 8 nitrogen and oxygen atoms in total. The van der Waals surface area contributed by atoms with Gasteiger partial charge in [-0.25, -0.2) is 22.9 Å². The first-order valence-electron chi connectivity index (χ1n) is 7.94. The fourth-order valence-corrected chi connectivity index (χ4v) is 3.18. The van der Waals surface area contributed by atoms with Crippen molar-refractivity contribution < 1.29 is 27.9 Å². The van der Waals surface area contributed by atoms with Crippen molar-refractivity contribution in [2.24, 2.45) is 0 Å². The lowest BCUT2D eigenvalue weighted by molar-refractivity contribution is 0.0689. The Kier molecular flexibility index (Phi) is 5.37. The van der Waals surface area contributed by atoms with E-state index in [1.165, 1.54) is 30.3 Å². The van der Waals surface area contributed by atoms with E-state index < -0.39 is 21.9 Å². The molecule has 2 aromatic carbocycles. The zero-order valence-corrected chi connectivity index (χ0v) is 15.1. The number of carbonyl (C=O) groups is 2. The molecular formula is C19H14N2O6S. The summed E-state index contributed by atoms with van der Waals surface area (Å²) in [6.07, 6.45) is 0.991. The molecule has 142 valence electrons. The summed E-state index contributed by atoms with van der Waals surface area (Å²) in [7, 11) is -4.12. The highest BCUT2D eigenvalue weighted by Gasteiger charge is 2.19. The van der Waals surface area contributed by atoms with E-state index in [1.807, 2.05) is 22.9 Å². The zero-order chi connectivity index (χ0) is 20.1. The van der Waals surface area contributed by atoms with Crippen LogP contribution in [0.5, 0.6) is 11.5 Å². The number of ether oxygens (including phenoxy) is 1. The monoisotopic (exact) mass is 398 g/mol. The molecule has 0 unspecified atom stereocenters. The van der Waals surface area contributed by atoms with Gasteiger partial charge in [0.05, 0.1) is 10.5 Å². The Bertz CT molecular complexity index is 1100. The highest BCUT2D eigenvalue weighted by atomic mass is 32.2. The summed E-state index contributed by atoms with van der Waals surface area (Å²) < 4.78 is 32.2. The molecule has 3 aromatic rings. The SMILES string of the molecule is O=C(NS(=O)(=O)c1ccc(Oc2ccccc2)cc1)c1ccc(C(=O)O)nc1. The van der Waals surface area contributed by atoms with Gasteiger partial charge in [-0.1, -0.05) is 18.2 Å². The van der Waals surface area contributed by atoms with E-state index in [1.54, 1.807) is 12.1 Å². The Balaban J connectivity index is 1.71. The van der Waals surface area contributed by atoms with Gasteiger partial charge in [-0.05, 0) is 48.5 Å². The van der Waals surface area contributed by atoms with Crippen molar-refractivity contribution in [1.82, 2.24) is 9.71 Å². The van der Waals surface area contributed by atoms with E-state index in [4.69, 9.17) is 9.84 Å². The summed E-state index contributed by atoms with van der Waals surface area (Å²) in [4.78, 5) is 26.3. The number of para-hydroxylation sites is 1. The molecular weight excluding hydrogens is 384 g/mol. The number of nitrogens with zero attached hydrogens (tertiary/aromatic N) is 1. The third-order valence-corrected chi connectivity index (χ3v) is 4.93. The molecule has 3 rings (SSSR count). The van der Waals surface area contributed by atoms with Crippen LogP contribution in [0.1, 0.15) is 20.8 Å². The second-order valence-electron chi connectivity index (χ2n) is 5.56. The highest BCUT2D eigenvalue weighted by molar-refractivity contribution is 7.90. The first-order valence-corrected chi connectivity index (χ1v) is 9.43. The first-order chi connectivity index (χ1) is 13.3. The largest absolute Gasteiger partial charge is 0.477 e. The molecule has 1 amide bonds. The standard InChI is InChI=1S/C19H14N2O6S/c22-18(13-6-11-17(19(23)24)20-12-13)21-28(25,26)16-9-7-15(8-10-16)27-14-4-2-1-3-5-14/h1-12H,(H,21,22)(H,23,24). The second-order valence-corrected chi connectivity index (χ2v) is 7.24. The Labute approximate surface area is 160 Å². The third kappa shape index (κ3) is 4.51. The molecule has 0 fully saturated rings. The molecule has 0 aliphatic heterocycles. The van der Waals surface area contributed by atoms with Gasteiger partial charge in [-0.2, -0.15) is 0 Å². The van der Waals surface area contributed by atoms with Crippen LogP contribution in [-0.4, -0.2) is 30.4 Å². The smallest absolute Gasteiger partial charge is 0.354 e. The maximum Gasteiger partial charge on any atom is 0.354 e. The molecule has 2 N–H and O–H groups in total. The second kappa shape index (κ2) is 7.89. The van der Waals surface area contributed by atoms with Gasteiger partial charge < -0.3 is 9.84 Å². The number of hydrogen-bond donors (Lipinski definition) is 2. The molecule has 1 aromatic heterocycles. The van der Waals surface area contributed by atoms with Gasteiger partial charge in [-0.15, -0.1) is 0 Å². The zero-order valence-electron chi connectivity index (χ0n) is 14.3. The summed E-state index contributed by atoms with van der Waals surface area (Å²) in [6, 6.07) is 16.8. The maximum atomic E-state index is 12.4. The summed E-state index contributed by atoms with van der Waals surface area (Å²) in [6.45, 7) is 0. The minimum absolute atomic E-state index is 0.0855. The van der Waals surface area contributed by atoms with Crippen LogP contribution >= 0.6 is 0 Å². The number of carbonyl (C=O) groups excluding carboxylic acids is 1. The number of aromatic nitrogens is 1. The van der Waals surface area contributed by atoms with E-state index in [-0.39, 0.29) is 16.2 Å². The Morgan fingerprint density at radius 2 is 1.54 bits per heavy atom. The van der Waals surface area contributed by atoms with Crippen molar-refractivity contribution in [3.8, 4) is 11.5 Å². The number of aromatic carboxylic acids is 1. The molecule has 0 aliphatic rings. The quantitative estimate of drug-likeness (QED) is 0.654. The molecule has 0 saturated heterocycles. The Hall–Kier alpha value is -3.72. The number of carboxylic acids is 1. The summed E-state index contributed by atoms with van der Waals surface area (Å²) in [5.74, 6) is -1.14. The fraction of sp³-hybridized carbons (Fsp3) is 0. The fourth-order valence-electron chi connectivity index (χ4n) is 2.21. The van der Waals surface area contributed by atoms with E-state index in [2.05, 4.69) is 4.98 Å². The van der Waals surface area contributed by atoms with Crippen LogP contribution in [0.3, 0.4) is 0 Å². The normalized spacial score (nSPS) is 10.9. The Morgan fingerprint density at radius 3 is 2.11 bits per heavy atom. The van der Waals surface area contributed by atoms with Gasteiger partial charge in [0.1, 0.15) is 17.2 Å². The van der Waals surface area contributed by atoms with Crippen molar-refractivity contribution in [2.45, 2.75) is 4.90 Å². The summed E-state index contributed by atoms with van der Waals surface area (Å²) >= 11 is 0. The van der Waals surface area contributed by atoms with Crippen molar-refractivity contribution in [1.29, 1.82) is 0 Å². The summed E-state index contributed by atoms with van der Waals surface area (Å²) in [5, 5.41) is 8.80. The number of rotatable bonds is 6. The number of hydrogen-bond acceptors (Lipinski definition) is 6. The molecule has 0 saturated carbocycles. The van der Waals surface area contributed by atoms with Crippen LogP contribution in [0.2, 0.25) is 0 Å². The van der Waals surface area contributed by atoms with Gasteiger partial charge in [0, 0.05) is 6.20 Å². The maximum absolute atomic E-state index is 12.4. The van der Waals surface area contributed by atoms with Crippen LogP contribution in [0.15, 0.2) is 77.8 Å². The molecule has 0 aliphatic carbocycles. The van der Waals surface area contributed by atoms with Crippen molar-refractivity contribution in [3.63, 3.8) is 0 Å². The average Bonchev–Trinajstić information content (AvgIpc) is 2.69. The van der Waals surface area contributed by atoms with Crippen LogP contribution < -0.4 is 9.46 Å². The lowest BCUT2D eigenvalue weighted by Gasteiger charge is -2.09. The van der Waals surface area contributed by atoms with Crippen molar-refractivity contribution >= 4 is 21.9 Å². The van der Waals surface area contributed by atoms with Crippen LogP contribution in [-0.2, 0) is 10.0 Å². The predicted octanol–water partition coefficient (Wildman–Crippen LogP) is 2.69. The van der Waals surface area contributed by atoms with Crippen LogP contribution in [0, 0.1) is 0 Å². The van der Waals surface area contributed by atoms with Gasteiger partial charge >= 0.3 is 5.97 Å². The van der Waals surface area contributed by atoms with Gasteiger partial charge in [0.25, 0.3) is 15.9 Å². The number of carboxylic acid groups (broad SMARTS) is 1. The topological polar surface area (TPSA) is 123 Å². The molecule has 1 heterocycles. The number of pyridine rings is 1. The Morgan fingerprint density at radius 1 is 0.893 bits per heavy atom. The van der Waals surface area contributed by atoms with Crippen molar-refractivity contribution in [3.05, 3.63) is 84.2 Å². The lowest BCUT2D eigenvalue weighted by Crippen LogP contribution is -2.30. The van der Waals surface area contributed by atoms with E-state index in [0.717, 1.165) is 12.3 Å². The average molecular weight is 398 g/mol. The summed E-state index contributed by atoms with van der Waals surface area (Å²) in [5.41, 5.74) is -0.342. The van der Waals surface area contributed by atoms with Gasteiger partial charge in [0.15, 0.2) is 0 Å². The number of amides is 1. The molecule has 0 spiro atoms. The molecule has 0 bridgehead atoms. The number of benzene rings is 2. The highest BCUT2D eigenvalue weighted by Crippen LogP contribution is 2.22.